The molecule has 2 aliphatic heterocycles. The summed E-state index contributed by atoms with van der Waals surface area (Å²) in [4.78, 5) is 2.54. The highest BCUT2D eigenvalue weighted by Gasteiger charge is 2.24. The molecule has 0 saturated carbocycles. The molecule has 0 aliphatic carbocycles. The standard InChI is InChI=1S/C17H26N2O/c1-2-19(12-15-7-5-10-18-15)13-17-16-8-4-3-6-14(16)9-11-20-17/h3-4,6,8,15,17-18H,2,5,7,9-13H2,1H3. The number of likely N-dealkylation sites (N-methyl/N-ethyl adjacent to an activating group) is 1. The SMILES string of the molecule is CCN(CC1CCCN1)CC1OCCc2ccccc21. The van der Waals surface area contributed by atoms with Crippen LogP contribution in [0.5, 0.6) is 0 Å². The molecule has 110 valence electrons. The fourth-order valence-electron chi connectivity index (χ4n) is 3.42. The van der Waals surface area contributed by atoms with Gasteiger partial charge in [-0.25, -0.2) is 0 Å². The zero-order chi connectivity index (χ0) is 13.8. The number of hydrogen-bond acceptors (Lipinski definition) is 3. The number of fused-ring (bicyclic) bond motifs is 1. The van der Waals surface area contributed by atoms with E-state index in [0.29, 0.717) is 6.04 Å². The molecular formula is C17H26N2O. The molecule has 1 aromatic carbocycles. The second-order valence-electron chi connectivity index (χ2n) is 5.95. The maximum absolute atomic E-state index is 6.04. The van der Waals surface area contributed by atoms with Crippen LogP contribution in [-0.4, -0.2) is 43.7 Å². The lowest BCUT2D eigenvalue weighted by atomic mass is 9.97. The van der Waals surface area contributed by atoms with Crippen molar-refractivity contribution in [3.8, 4) is 0 Å². The van der Waals surface area contributed by atoms with Gasteiger partial charge in [0.1, 0.15) is 0 Å². The second-order valence-corrected chi connectivity index (χ2v) is 5.95. The smallest absolute Gasteiger partial charge is 0.0954 e. The van der Waals surface area contributed by atoms with Gasteiger partial charge < -0.3 is 10.1 Å². The molecule has 0 radical (unpaired) electrons. The van der Waals surface area contributed by atoms with E-state index in [-0.39, 0.29) is 6.10 Å². The number of hydrogen-bond donors (Lipinski definition) is 1. The number of benzene rings is 1. The van der Waals surface area contributed by atoms with Gasteiger partial charge in [-0.1, -0.05) is 31.2 Å². The third-order valence-corrected chi connectivity index (χ3v) is 4.60. The van der Waals surface area contributed by atoms with Crippen molar-refractivity contribution in [2.75, 3.05) is 32.8 Å². The molecule has 2 aliphatic rings. The predicted octanol–water partition coefficient (Wildman–Crippen LogP) is 2.37. The van der Waals surface area contributed by atoms with E-state index in [4.69, 9.17) is 4.74 Å². The summed E-state index contributed by atoms with van der Waals surface area (Å²) in [5, 5.41) is 3.60. The summed E-state index contributed by atoms with van der Waals surface area (Å²) < 4.78 is 6.04. The number of ether oxygens (including phenoxy) is 1. The van der Waals surface area contributed by atoms with Crippen molar-refractivity contribution >= 4 is 0 Å². The van der Waals surface area contributed by atoms with Crippen LogP contribution in [0.4, 0.5) is 0 Å². The monoisotopic (exact) mass is 274 g/mol. The Hall–Kier alpha value is -0.900. The van der Waals surface area contributed by atoms with Crippen LogP contribution in [0.15, 0.2) is 24.3 Å². The largest absolute Gasteiger partial charge is 0.372 e. The van der Waals surface area contributed by atoms with Crippen molar-refractivity contribution < 1.29 is 4.74 Å². The minimum absolute atomic E-state index is 0.251. The van der Waals surface area contributed by atoms with Crippen LogP contribution in [0.25, 0.3) is 0 Å². The quantitative estimate of drug-likeness (QED) is 0.892. The van der Waals surface area contributed by atoms with Gasteiger partial charge in [0.05, 0.1) is 12.7 Å². The third-order valence-electron chi connectivity index (χ3n) is 4.60. The van der Waals surface area contributed by atoms with Gasteiger partial charge in [0, 0.05) is 19.1 Å². The fourth-order valence-corrected chi connectivity index (χ4v) is 3.42. The maximum Gasteiger partial charge on any atom is 0.0954 e. The maximum atomic E-state index is 6.04. The molecule has 0 bridgehead atoms. The highest BCUT2D eigenvalue weighted by Crippen LogP contribution is 2.27. The van der Waals surface area contributed by atoms with Crippen molar-refractivity contribution in [3.05, 3.63) is 35.4 Å². The number of nitrogens with one attached hydrogen (secondary N) is 1. The Morgan fingerprint density at radius 2 is 2.20 bits per heavy atom. The predicted molar refractivity (Wildman–Crippen MR) is 82.0 cm³/mol. The van der Waals surface area contributed by atoms with Crippen LogP contribution in [0.1, 0.15) is 37.0 Å². The number of rotatable bonds is 5. The molecular weight excluding hydrogens is 248 g/mol. The molecule has 0 amide bonds. The Balaban J connectivity index is 1.64. The summed E-state index contributed by atoms with van der Waals surface area (Å²) in [6.45, 7) is 7.57. The van der Waals surface area contributed by atoms with E-state index in [0.717, 1.165) is 32.7 Å². The summed E-state index contributed by atoms with van der Waals surface area (Å²) in [5.74, 6) is 0. The van der Waals surface area contributed by atoms with Gasteiger partial charge in [-0.05, 0) is 43.5 Å². The van der Waals surface area contributed by atoms with Crippen molar-refractivity contribution in [2.45, 2.75) is 38.3 Å². The lowest BCUT2D eigenvalue weighted by Crippen LogP contribution is -2.40. The summed E-state index contributed by atoms with van der Waals surface area (Å²) >= 11 is 0. The normalized spacial score (nSPS) is 25.9. The minimum Gasteiger partial charge on any atom is -0.372 e. The number of nitrogens with zero attached hydrogens (tertiary/aromatic N) is 1. The summed E-state index contributed by atoms with van der Waals surface area (Å²) in [7, 11) is 0. The van der Waals surface area contributed by atoms with Crippen molar-refractivity contribution in [1.29, 1.82) is 0 Å². The zero-order valence-electron chi connectivity index (χ0n) is 12.5. The summed E-state index contributed by atoms with van der Waals surface area (Å²) in [6, 6.07) is 9.44. The van der Waals surface area contributed by atoms with Crippen LogP contribution in [0.3, 0.4) is 0 Å². The molecule has 3 heteroatoms. The first-order chi connectivity index (χ1) is 9.86. The molecule has 1 saturated heterocycles. The van der Waals surface area contributed by atoms with E-state index in [9.17, 15) is 0 Å². The molecule has 2 atom stereocenters. The Labute approximate surface area is 122 Å². The fraction of sp³-hybridized carbons (Fsp3) is 0.647. The molecule has 0 aromatic heterocycles. The van der Waals surface area contributed by atoms with Crippen LogP contribution in [-0.2, 0) is 11.2 Å². The lowest BCUT2D eigenvalue weighted by Gasteiger charge is -2.32. The van der Waals surface area contributed by atoms with Crippen molar-refractivity contribution in [2.24, 2.45) is 0 Å². The Morgan fingerprint density at radius 1 is 1.30 bits per heavy atom. The first-order valence-corrected chi connectivity index (χ1v) is 8.02. The average molecular weight is 274 g/mol. The van der Waals surface area contributed by atoms with E-state index in [1.54, 1.807) is 0 Å². The lowest BCUT2D eigenvalue weighted by molar-refractivity contribution is 0.0155. The topological polar surface area (TPSA) is 24.5 Å². The Kier molecular flexibility index (Phi) is 4.71. The van der Waals surface area contributed by atoms with Crippen LogP contribution in [0, 0.1) is 0 Å². The molecule has 1 N–H and O–H groups in total. The highest BCUT2D eigenvalue weighted by atomic mass is 16.5. The van der Waals surface area contributed by atoms with Crippen LogP contribution < -0.4 is 5.32 Å². The van der Waals surface area contributed by atoms with Crippen LogP contribution >= 0.6 is 0 Å². The molecule has 20 heavy (non-hydrogen) atoms. The Bertz CT molecular complexity index is 429. The highest BCUT2D eigenvalue weighted by molar-refractivity contribution is 5.31. The van der Waals surface area contributed by atoms with Gasteiger partial charge in [0.25, 0.3) is 0 Å². The van der Waals surface area contributed by atoms with E-state index >= 15 is 0 Å². The van der Waals surface area contributed by atoms with Gasteiger partial charge in [-0.2, -0.15) is 0 Å². The summed E-state index contributed by atoms with van der Waals surface area (Å²) in [6.07, 6.45) is 3.95. The Morgan fingerprint density at radius 3 is 3.00 bits per heavy atom. The average Bonchev–Trinajstić information content (AvgIpc) is 3.00. The molecule has 1 aromatic rings. The molecule has 0 spiro atoms. The van der Waals surface area contributed by atoms with Crippen LogP contribution in [0.2, 0.25) is 0 Å². The van der Waals surface area contributed by atoms with E-state index in [1.807, 2.05) is 0 Å². The van der Waals surface area contributed by atoms with E-state index < -0.39 is 0 Å². The van der Waals surface area contributed by atoms with E-state index in [2.05, 4.69) is 41.4 Å². The van der Waals surface area contributed by atoms with E-state index in [1.165, 1.54) is 30.5 Å². The van der Waals surface area contributed by atoms with Crippen molar-refractivity contribution in [1.82, 2.24) is 10.2 Å². The first-order valence-electron chi connectivity index (χ1n) is 8.02. The van der Waals surface area contributed by atoms with Gasteiger partial charge in [-0.3, -0.25) is 4.90 Å². The minimum atomic E-state index is 0.251. The molecule has 3 nitrogen and oxygen atoms in total. The molecule has 1 fully saturated rings. The third kappa shape index (κ3) is 3.22. The molecule has 3 rings (SSSR count). The summed E-state index contributed by atoms with van der Waals surface area (Å²) in [5.41, 5.74) is 2.87. The zero-order valence-corrected chi connectivity index (χ0v) is 12.5. The van der Waals surface area contributed by atoms with Gasteiger partial charge in [0.15, 0.2) is 0 Å². The first kappa shape index (κ1) is 14.1. The van der Waals surface area contributed by atoms with Crippen molar-refractivity contribution in [3.63, 3.8) is 0 Å². The van der Waals surface area contributed by atoms with Gasteiger partial charge in [0.2, 0.25) is 0 Å². The van der Waals surface area contributed by atoms with Gasteiger partial charge in [-0.15, -0.1) is 0 Å². The molecule has 2 heterocycles. The second kappa shape index (κ2) is 6.70. The van der Waals surface area contributed by atoms with Gasteiger partial charge >= 0.3 is 0 Å². The molecule has 2 unspecified atom stereocenters.